The number of hydrogen-bond acceptors (Lipinski definition) is 3. The van der Waals surface area contributed by atoms with E-state index < -0.39 is 0 Å². The van der Waals surface area contributed by atoms with Crippen molar-refractivity contribution < 1.29 is 4.79 Å². The zero-order chi connectivity index (χ0) is 13.8. The number of likely N-dealkylation sites (tertiary alicyclic amines) is 1. The topological polar surface area (TPSA) is 64.2 Å². The van der Waals surface area contributed by atoms with Crippen LogP contribution in [-0.4, -0.2) is 33.7 Å². The summed E-state index contributed by atoms with van der Waals surface area (Å²) in [7, 11) is 0. The average molecular weight is 264 g/mol. The third-order valence-electron chi connectivity index (χ3n) is 4.05. The Morgan fingerprint density at radius 2 is 2.21 bits per heavy atom. The predicted octanol–water partition coefficient (Wildman–Crippen LogP) is 1.75. The van der Waals surface area contributed by atoms with Crippen molar-refractivity contribution in [3.63, 3.8) is 0 Å². The largest absolute Gasteiger partial charge is 0.396 e. The van der Waals surface area contributed by atoms with Crippen molar-refractivity contribution in [3.8, 4) is 0 Å². The second-order valence-corrected chi connectivity index (χ2v) is 5.75. The number of carbonyl (C=O) groups excluding carboxylic acids is 1. The number of hydrogen-bond donors (Lipinski definition) is 1. The van der Waals surface area contributed by atoms with E-state index in [0.717, 1.165) is 32.5 Å². The van der Waals surface area contributed by atoms with Gasteiger partial charge >= 0.3 is 0 Å². The first-order valence-electron chi connectivity index (χ1n) is 7.12. The molecule has 1 amide bonds. The summed E-state index contributed by atoms with van der Waals surface area (Å²) in [5.74, 6) is 1.62. The van der Waals surface area contributed by atoms with Gasteiger partial charge in [-0.3, -0.25) is 9.48 Å². The number of anilines is 1. The Bertz CT molecular complexity index is 427. The lowest BCUT2D eigenvalue weighted by Crippen LogP contribution is -2.33. The summed E-state index contributed by atoms with van der Waals surface area (Å²) in [6.45, 7) is 6.81. The van der Waals surface area contributed by atoms with E-state index in [2.05, 4.69) is 18.9 Å². The fourth-order valence-electron chi connectivity index (χ4n) is 2.69. The van der Waals surface area contributed by atoms with Crippen molar-refractivity contribution in [1.82, 2.24) is 14.7 Å². The molecule has 2 rings (SSSR count). The summed E-state index contributed by atoms with van der Waals surface area (Å²) in [5, 5.41) is 4.15. The van der Waals surface area contributed by atoms with Gasteiger partial charge in [-0.15, -0.1) is 0 Å². The second kappa shape index (κ2) is 6.08. The number of aromatic nitrogens is 2. The molecule has 2 N–H and O–H groups in total. The molecular weight excluding hydrogens is 240 g/mol. The summed E-state index contributed by atoms with van der Waals surface area (Å²) < 4.78 is 1.80. The van der Waals surface area contributed by atoms with Crippen LogP contribution in [0.4, 0.5) is 5.69 Å². The molecule has 2 heterocycles. The number of nitrogens with zero attached hydrogens (tertiary/aromatic N) is 3. The van der Waals surface area contributed by atoms with Gasteiger partial charge in [-0.25, -0.2) is 0 Å². The van der Waals surface area contributed by atoms with Gasteiger partial charge in [0.2, 0.25) is 5.91 Å². The molecule has 1 aliphatic heterocycles. The van der Waals surface area contributed by atoms with E-state index in [1.54, 1.807) is 17.1 Å². The van der Waals surface area contributed by atoms with E-state index in [0.29, 0.717) is 23.9 Å². The minimum absolute atomic E-state index is 0.281. The predicted molar refractivity (Wildman–Crippen MR) is 75.4 cm³/mol. The maximum absolute atomic E-state index is 12.1. The van der Waals surface area contributed by atoms with Crippen molar-refractivity contribution in [2.75, 3.05) is 18.8 Å². The van der Waals surface area contributed by atoms with Crippen molar-refractivity contribution in [1.29, 1.82) is 0 Å². The van der Waals surface area contributed by atoms with E-state index >= 15 is 0 Å². The van der Waals surface area contributed by atoms with Gasteiger partial charge in [0.05, 0.1) is 18.4 Å². The lowest BCUT2D eigenvalue weighted by molar-refractivity contribution is -0.130. The van der Waals surface area contributed by atoms with Crippen LogP contribution in [0.2, 0.25) is 0 Å². The van der Waals surface area contributed by atoms with Crippen molar-refractivity contribution in [2.24, 2.45) is 11.8 Å². The first-order chi connectivity index (χ1) is 9.06. The molecule has 1 unspecified atom stereocenters. The van der Waals surface area contributed by atoms with Gasteiger partial charge in [0, 0.05) is 25.7 Å². The normalized spacial score (nSPS) is 20.9. The van der Waals surface area contributed by atoms with Crippen LogP contribution in [0, 0.1) is 11.8 Å². The van der Waals surface area contributed by atoms with Crippen LogP contribution >= 0.6 is 0 Å². The molecule has 1 fully saturated rings. The summed E-state index contributed by atoms with van der Waals surface area (Å²) in [6.07, 6.45) is 6.27. The highest BCUT2D eigenvalue weighted by Crippen LogP contribution is 2.25. The Morgan fingerprint density at radius 3 is 2.84 bits per heavy atom. The Kier molecular flexibility index (Phi) is 4.45. The molecule has 106 valence electrons. The number of nitrogens with two attached hydrogens (primary N) is 1. The van der Waals surface area contributed by atoms with E-state index in [1.807, 2.05) is 4.90 Å². The molecule has 1 aromatic rings. The van der Waals surface area contributed by atoms with Crippen molar-refractivity contribution in [2.45, 2.75) is 39.7 Å². The maximum atomic E-state index is 12.1. The minimum atomic E-state index is 0.281. The van der Waals surface area contributed by atoms with Gasteiger partial charge < -0.3 is 10.6 Å². The molecule has 1 saturated heterocycles. The summed E-state index contributed by atoms with van der Waals surface area (Å²) in [4.78, 5) is 14.1. The molecule has 0 bridgehead atoms. The van der Waals surface area contributed by atoms with Gasteiger partial charge in [-0.1, -0.05) is 13.8 Å². The highest BCUT2D eigenvalue weighted by Gasteiger charge is 2.23. The Labute approximate surface area is 114 Å². The van der Waals surface area contributed by atoms with Crippen LogP contribution in [0.25, 0.3) is 0 Å². The van der Waals surface area contributed by atoms with Crippen LogP contribution in [-0.2, 0) is 11.3 Å². The van der Waals surface area contributed by atoms with E-state index in [1.165, 1.54) is 0 Å². The van der Waals surface area contributed by atoms with Crippen LogP contribution in [0.3, 0.4) is 0 Å². The van der Waals surface area contributed by atoms with Crippen LogP contribution < -0.4 is 5.73 Å². The summed E-state index contributed by atoms with van der Waals surface area (Å²) in [6, 6.07) is 0. The molecule has 19 heavy (non-hydrogen) atoms. The van der Waals surface area contributed by atoms with Gasteiger partial charge in [0.15, 0.2) is 0 Å². The molecule has 1 aliphatic rings. The van der Waals surface area contributed by atoms with Gasteiger partial charge in [-0.2, -0.15) is 5.10 Å². The lowest BCUT2D eigenvalue weighted by Gasteiger charge is -2.21. The van der Waals surface area contributed by atoms with Crippen molar-refractivity contribution >= 4 is 11.6 Å². The summed E-state index contributed by atoms with van der Waals surface area (Å²) >= 11 is 0. The average Bonchev–Trinajstić information content (AvgIpc) is 2.67. The van der Waals surface area contributed by atoms with Gasteiger partial charge in [-0.05, 0) is 24.7 Å². The number of nitrogen functional groups attached to an aromatic ring is 1. The smallest absolute Gasteiger partial charge is 0.222 e. The van der Waals surface area contributed by atoms with E-state index in [-0.39, 0.29) is 5.91 Å². The third kappa shape index (κ3) is 3.72. The Morgan fingerprint density at radius 1 is 1.42 bits per heavy atom. The molecule has 0 saturated carbocycles. The van der Waals surface area contributed by atoms with Gasteiger partial charge in [0.25, 0.3) is 0 Å². The molecule has 0 aliphatic carbocycles. The maximum Gasteiger partial charge on any atom is 0.222 e. The minimum Gasteiger partial charge on any atom is -0.396 e. The second-order valence-electron chi connectivity index (χ2n) is 5.75. The van der Waals surface area contributed by atoms with E-state index in [4.69, 9.17) is 5.73 Å². The number of rotatable bonds is 4. The lowest BCUT2D eigenvalue weighted by atomic mass is 9.89. The molecule has 0 aromatic carbocycles. The zero-order valence-electron chi connectivity index (χ0n) is 11.9. The third-order valence-corrected chi connectivity index (χ3v) is 4.05. The fourth-order valence-corrected chi connectivity index (χ4v) is 2.69. The molecule has 0 spiro atoms. The molecule has 1 atom stereocenters. The first-order valence-corrected chi connectivity index (χ1v) is 7.12. The molecule has 5 heteroatoms. The van der Waals surface area contributed by atoms with Crippen LogP contribution in [0.5, 0.6) is 0 Å². The highest BCUT2D eigenvalue weighted by molar-refractivity contribution is 5.76. The zero-order valence-corrected chi connectivity index (χ0v) is 11.9. The fraction of sp³-hybridized carbons (Fsp3) is 0.714. The monoisotopic (exact) mass is 264 g/mol. The SMILES string of the molecule is CC(C)C1CCC(=O)N(CCn2cc(N)cn2)CC1. The number of carbonyl (C=O) groups is 1. The van der Waals surface area contributed by atoms with E-state index in [9.17, 15) is 4.79 Å². The number of amides is 1. The first kappa shape index (κ1) is 13.9. The molecular formula is C14H24N4O. The van der Waals surface area contributed by atoms with Crippen molar-refractivity contribution in [3.05, 3.63) is 12.4 Å². The Balaban J connectivity index is 1.87. The highest BCUT2D eigenvalue weighted by atomic mass is 16.2. The standard InChI is InChI=1S/C14H24N4O/c1-11(2)12-3-4-14(19)17(6-5-12)7-8-18-10-13(15)9-16-18/h9-12H,3-8,15H2,1-2H3. The molecule has 0 radical (unpaired) electrons. The van der Waals surface area contributed by atoms with Crippen LogP contribution in [0.15, 0.2) is 12.4 Å². The molecule has 1 aromatic heterocycles. The van der Waals surface area contributed by atoms with Gasteiger partial charge in [0.1, 0.15) is 0 Å². The quantitative estimate of drug-likeness (QED) is 0.901. The Hall–Kier alpha value is -1.52. The van der Waals surface area contributed by atoms with Crippen LogP contribution in [0.1, 0.15) is 33.1 Å². The molecule has 5 nitrogen and oxygen atoms in total. The summed E-state index contributed by atoms with van der Waals surface area (Å²) in [5.41, 5.74) is 6.30.